The molecule has 8 heteroatoms. The zero-order valence-electron chi connectivity index (χ0n) is 14.5. The summed E-state index contributed by atoms with van der Waals surface area (Å²) in [6, 6.07) is 11.4. The predicted molar refractivity (Wildman–Crippen MR) is 121 cm³/mol. The van der Waals surface area contributed by atoms with Gasteiger partial charge >= 0.3 is 0 Å². The quantitative estimate of drug-likeness (QED) is 0.307. The molecular formula is C19H15Cl2IN2O2S. The van der Waals surface area contributed by atoms with E-state index < -0.39 is 0 Å². The van der Waals surface area contributed by atoms with Gasteiger partial charge in [-0.05, 0) is 76.3 Å². The number of benzene rings is 2. The highest BCUT2D eigenvalue weighted by molar-refractivity contribution is 14.1. The highest BCUT2D eigenvalue weighted by Crippen LogP contribution is 2.36. The van der Waals surface area contributed by atoms with Gasteiger partial charge < -0.3 is 9.64 Å². The third-order valence-electron chi connectivity index (χ3n) is 4.08. The summed E-state index contributed by atoms with van der Waals surface area (Å²) in [7, 11) is 3.39. The highest BCUT2D eigenvalue weighted by atomic mass is 127. The van der Waals surface area contributed by atoms with Crippen LogP contribution in [-0.2, 0) is 11.4 Å². The molecule has 0 aliphatic carbocycles. The molecule has 1 amide bonds. The molecule has 0 aromatic heterocycles. The molecule has 2 aromatic rings. The first-order chi connectivity index (χ1) is 12.8. The first-order valence-corrected chi connectivity index (χ1v) is 10.2. The standard InChI is InChI=1S/C19H15Cl2IN2O2S/c1-23-16(18(25)24(2)19(23)27)9-12-7-14(20)17(15(21)8-12)26-10-11-3-5-13(22)6-4-11/h3-9H,10H2,1-2H3/b16-9-. The Hall–Kier alpha value is -1.35. The minimum Gasteiger partial charge on any atom is -0.486 e. The van der Waals surface area contributed by atoms with Gasteiger partial charge in [-0.15, -0.1) is 0 Å². The second-order valence-electron chi connectivity index (χ2n) is 5.96. The van der Waals surface area contributed by atoms with E-state index in [-0.39, 0.29) is 5.91 Å². The fourth-order valence-corrected chi connectivity index (χ4v) is 3.74. The van der Waals surface area contributed by atoms with Crippen LogP contribution in [0.25, 0.3) is 6.08 Å². The number of halogens is 3. The lowest BCUT2D eigenvalue weighted by molar-refractivity contribution is -0.121. The van der Waals surface area contributed by atoms with Crippen molar-refractivity contribution in [2.24, 2.45) is 0 Å². The molecule has 0 unspecified atom stereocenters. The number of carbonyl (C=O) groups is 1. The third-order valence-corrected chi connectivity index (χ3v) is 5.91. The van der Waals surface area contributed by atoms with Gasteiger partial charge in [-0.2, -0.15) is 0 Å². The van der Waals surface area contributed by atoms with Gasteiger partial charge in [0.15, 0.2) is 10.9 Å². The summed E-state index contributed by atoms with van der Waals surface area (Å²) < 4.78 is 6.96. The Balaban J connectivity index is 1.83. The Labute approximate surface area is 186 Å². The molecule has 1 aliphatic rings. The van der Waals surface area contributed by atoms with E-state index in [1.807, 2.05) is 24.3 Å². The van der Waals surface area contributed by atoms with Gasteiger partial charge in [0.05, 0.1) is 10.0 Å². The fourth-order valence-electron chi connectivity index (χ4n) is 2.58. The number of amides is 1. The maximum atomic E-state index is 12.3. The Morgan fingerprint density at radius 3 is 2.22 bits per heavy atom. The molecule has 0 spiro atoms. The number of likely N-dealkylation sites (N-methyl/N-ethyl adjacent to an activating group) is 2. The van der Waals surface area contributed by atoms with Crippen LogP contribution in [0.15, 0.2) is 42.1 Å². The molecule has 27 heavy (non-hydrogen) atoms. The molecule has 1 fully saturated rings. The Morgan fingerprint density at radius 2 is 1.70 bits per heavy atom. The zero-order valence-corrected chi connectivity index (χ0v) is 19.0. The molecule has 1 aliphatic heterocycles. The number of ether oxygens (including phenoxy) is 1. The van der Waals surface area contributed by atoms with E-state index in [0.717, 1.165) is 9.13 Å². The van der Waals surface area contributed by atoms with Crippen molar-refractivity contribution in [2.45, 2.75) is 6.61 Å². The topological polar surface area (TPSA) is 32.8 Å². The van der Waals surface area contributed by atoms with E-state index in [1.54, 1.807) is 37.2 Å². The molecule has 1 heterocycles. The lowest BCUT2D eigenvalue weighted by Gasteiger charge is -2.13. The van der Waals surface area contributed by atoms with Crippen LogP contribution in [0.3, 0.4) is 0 Å². The number of thiocarbonyl (C=S) groups is 1. The first kappa shape index (κ1) is 20.4. The normalized spacial score (nSPS) is 15.8. The molecule has 2 aromatic carbocycles. The summed E-state index contributed by atoms with van der Waals surface area (Å²) in [5.74, 6) is 0.242. The summed E-state index contributed by atoms with van der Waals surface area (Å²) in [4.78, 5) is 15.4. The van der Waals surface area contributed by atoms with Crippen LogP contribution in [0.5, 0.6) is 5.75 Å². The molecule has 4 nitrogen and oxygen atoms in total. The summed E-state index contributed by atoms with van der Waals surface area (Å²) in [5.41, 5.74) is 2.17. The predicted octanol–water partition coefficient (Wildman–Crippen LogP) is 5.21. The minimum absolute atomic E-state index is 0.172. The van der Waals surface area contributed by atoms with Gasteiger partial charge in [-0.3, -0.25) is 9.69 Å². The Morgan fingerprint density at radius 1 is 1.11 bits per heavy atom. The molecular weight excluding hydrogens is 518 g/mol. The number of nitrogens with zero attached hydrogens (tertiary/aromatic N) is 2. The van der Waals surface area contributed by atoms with Crippen molar-refractivity contribution in [3.05, 3.63) is 66.8 Å². The van der Waals surface area contributed by atoms with Crippen molar-refractivity contribution in [3.8, 4) is 5.75 Å². The molecule has 0 radical (unpaired) electrons. The van der Waals surface area contributed by atoms with Gasteiger partial charge in [0.2, 0.25) is 0 Å². The number of hydrogen-bond acceptors (Lipinski definition) is 3. The molecule has 140 valence electrons. The second-order valence-corrected chi connectivity index (χ2v) is 8.39. The van der Waals surface area contributed by atoms with Crippen molar-refractivity contribution in [1.29, 1.82) is 0 Å². The van der Waals surface area contributed by atoms with Gasteiger partial charge in [0, 0.05) is 17.7 Å². The average Bonchev–Trinajstić information content (AvgIpc) is 2.80. The van der Waals surface area contributed by atoms with Gasteiger partial charge in [0.25, 0.3) is 5.91 Å². The molecule has 0 bridgehead atoms. The average molecular weight is 533 g/mol. The smallest absolute Gasteiger partial charge is 0.276 e. The second kappa shape index (κ2) is 8.34. The Kier molecular flexibility index (Phi) is 6.30. The van der Waals surface area contributed by atoms with Gasteiger partial charge in [0.1, 0.15) is 12.3 Å². The fraction of sp³-hybridized carbons (Fsp3) is 0.158. The molecule has 1 saturated heterocycles. The number of rotatable bonds is 4. The summed E-state index contributed by atoms with van der Waals surface area (Å²) >= 11 is 20.2. The lowest BCUT2D eigenvalue weighted by Crippen LogP contribution is -2.26. The SMILES string of the molecule is CN1C(=O)/C(=C/c2cc(Cl)c(OCc3ccc(I)cc3)c(Cl)c2)N(C)C1=S. The van der Waals surface area contributed by atoms with E-state index in [2.05, 4.69) is 22.6 Å². The monoisotopic (exact) mass is 532 g/mol. The van der Waals surface area contributed by atoms with E-state index in [1.165, 1.54) is 4.90 Å². The third kappa shape index (κ3) is 4.39. The van der Waals surface area contributed by atoms with Crippen LogP contribution in [-0.4, -0.2) is 34.9 Å². The maximum absolute atomic E-state index is 12.3. The van der Waals surface area contributed by atoms with Crippen molar-refractivity contribution in [1.82, 2.24) is 9.80 Å². The van der Waals surface area contributed by atoms with Gasteiger partial charge in [-0.1, -0.05) is 35.3 Å². The Bertz CT molecular complexity index is 924. The summed E-state index contributed by atoms with van der Waals surface area (Å²) in [6.45, 7) is 0.358. The largest absolute Gasteiger partial charge is 0.486 e. The van der Waals surface area contributed by atoms with Gasteiger partial charge in [-0.25, -0.2) is 0 Å². The van der Waals surface area contributed by atoms with Crippen LogP contribution in [0.1, 0.15) is 11.1 Å². The van der Waals surface area contributed by atoms with Crippen LogP contribution in [0.4, 0.5) is 0 Å². The van der Waals surface area contributed by atoms with Crippen molar-refractivity contribution in [2.75, 3.05) is 14.1 Å². The first-order valence-electron chi connectivity index (χ1n) is 7.91. The number of carbonyl (C=O) groups excluding carboxylic acids is 1. The molecule has 0 saturated carbocycles. The van der Waals surface area contributed by atoms with Crippen LogP contribution in [0.2, 0.25) is 10.0 Å². The van der Waals surface area contributed by atoms with Crippen LogP contribution < -0.4 is 4.74 Å². The van der Waals surface area contributed by atoms with Crippen molar-refractivity contribution >= 4 is 75.1 Å². The lowest BCUT2D eigenvalue weighted by atomic mass is 10.1. The van der Waals surface area contributed by atoms with E-state index in [4.69, 9.17) is 40.2 Å². The maximum Gasteiger partial charge on any atom is 0.276 e. The molecule has 3 rings (SSSR count). The number of hydrogen-bond donors (Lipinski definition) is 0. The van der Waals surface area contributed by atoms with Crippen LogP contribution >= 0.6 is 58.0 Å². The zero-order chi connectivity index (χ0) is 19.7. The van der Waals surface area contributed by atoms with Crippen molar-refractivity contribution < 1.29 is 9.53 Å². The minimum atomic E-state index is -0.172. The summed E-state index contributed by atoms with van der Waals surface area (Å²) in [6.07, 6.45) is 1.71. The van der Waals surface area contributed by atoms with Crippen molar-refractivity contribution in [3.63, 3.8) is 0 Å². The highest BCUT2D eigenvalue weighted by Gasteiger charge is 2.32. The molecule has 0 atom stereocenters. The van der Waals surface area contributed by atoms with E-state index in [9.17, 15) is 4.79 Å². The van der Waals surface area contributed by atoms with E-state index in [0.29, 0.717) is 38.8 Å². The van der Waals surface area contributed by atoms with E-state index >= 15 is 0 Å². The summed E-state index contributed by atoms with van der Waals surface area (Å²) in [5, 5.41) is 1.20. The molecule has 0 N–H and O–H groups in total. The van der Waals surface area contributed by atoms with Crippen LogP contribution in [0, 0.1) is 3.57 Å².